The number of aliphatic hydroxyl groups excluding tert-OH is 1. The van der Waals surface area contributed by atoms with Crippen LogP contribution in [0, 0.1) is 11.8 Å². The molecular weight excluding hydrogens is 522 g/mol. The monoisotopic (exact) mass is 557 g/mol. The average molecular weight is 558 g/mol. The van der Waals surface area contributed by atoms with Crippen LogP contribution in [0.3, 0.4) is 0 Å². The molecule has 3 aromatic rings. The number of aromatic nitrogens is 3. The summed E-state index contributed by atoms with van der Waals surface area (Å²) >= 11 is 2.72. The Morgan fingerprint density at radius 2 is 1.87 bits per heavy atom. The van der Waals surface area contributed by atoms with Gasteiger partial charge in [-0.15, -0.1) is 11.3 Å². The molecule has 0 spiro atoms. The lowest BCUT2D eigenvalue weighted by Gasteiger charge is -2.27. The number of hydrogen-bond acceptors (Lipinski definition) is 8. The van der Waals surface area contributed by atoms with Crippen LogP contribution in [-0.2, 0) is 27.3 Å². The summed E-state index contributed by atoms with van der Waals surface area (Å²) in [7, 11) is 0. The second-order valence-electron chi connectivity index (χ2n) is 9.52. The van der Waals surface area contributed by atoms with E-state index >= 15 is 0 Å². The van der Waals surface area contributed by atoms with Crippen LogP contribution in [0.15, 0.2) is 59.3 Å². The highest BCUT2D eigenvalue weighted by Crippen LogP contribution is 2.21. The van der Waals surface area contributed by atoms with Crippen LogP contribution in [0.25, 0.3) is 0 Å². The van der Waals surface area contributed by atoms with E-state index in [0.29, 0.717) is 24.0 Å². The summed E-state index contributed by atoms with van der Waals surface area (Å²) in [6, 6.07) is 12.4. The molecule has 38 heavy (non-hydrogen) atoms. The molecule has 204 valence electrons. The SMILES string of the molecule is CC(C)CCC(CC(=O)NCc1cccs1)C(=O)[C@@H](O)[C@H](Cc1ccccc1)NC(=O)CSc1ncn[nH]1. The first-order valence-electron chi connectivity index (χ1n) is 12.6. The number of aromatic amines is 1. The third-order valence-corrected chi connectivity index (χ3v) is 7.77. The highest BCUT2D eigenvalue weighted by Gasteiger charge is 2.34. The predicted molar refractivity (Wildman–Crippen MR) is 149 cm³/mol. The number of thioether (sulfide) groups is 1. The van der Waals surface area contributed by atoms with Gasteiger partial charge in [-0.25, -0.2) is 4.98 Å². The number of aliphatic hydroxyl groups is 1. The van der Waals surface area contributed by atoms with Crippen LogP contribution in [0.2, 0.25) is 0 Å². The van der Waals surface area contributed by atoms with Gasteiger partial charge in [0.05, 0.1) is 18.3 Å². The van der Waals surface area contributed by atoms with Gasteiger partial charge in [0.25, 0.3) is 0 Å². The Labute approximate surface area is 231 Å². The van der Waals surface area contributed by atoms with Crippen molar-refractivity contribution in [3.05, 3.63) is 64.6 Å². The first-order valence-corrected chi connectivity index (χ1v) is 14.5. The van der Waals surface area contributed by atoms with E-state index in [9.17, 15) is 19.5 Å². The number of benzene rings is 1. The van der Waals surface area contributed by atoms with Crippen molar-refractivity contribution in [3.8, 4) is 0 Å². The molecule has 2 amide bonds. The van der Waals surface area contributed by atoms with Gasteiger partial charge in [0.2, 0.25) is 11.8 Å². The molecule has 0 saturated carbocycles. The van der Waals surface area contributed by atoms with Gasteiger partial charge in [-0.05, 0) is 35.8 Å². The van der Waals surface area contributed by atoms with E-state index in [-0.39, 0.29) is 30.4 Å². The van der Waals surface area contributed by atoms with E-state index in [1.54, 1.807) is 11.3 Å². The third kappa shape index (κ3) is 10.0. The fraction of sp³-hybridized carbons (Fsp3) is 0.444. The largest absolute Gasteiger partial charge is 0.383 e. The van der Waals surface area contributed by atoms with Crippen LogP contribution in [0.1, 0.15) is 43.6 Å². The van der Waals surface area contributed by atoms with Gasteiger partial charge in [-0.3, -0.25) is 19.5 Å². The fourth-order valence-corrected chi connectivity index (χ4v) is 5.20. The van der Waals surface area contributed by atoms with Gasteiger partial charge in [0.1, 0.15) is 12.4 Å². The summed E-state index contributed by atoms with van der Waals surface area (Å²) in [5.74, 6) is -1.28. The van der Waals surface area contributed by atoms with Gasteiger partial charge in [-0.1, -0.05) is 68.4 Å². The standard InChI is InChI=1S/C27H35N5O4S2/c1-18(2)10-11-20(14-23(33)28-15-21-9-6-12-37-21)25(35)26(36)22(13-19-7-4-3-5-8-19)31-24(34)16-38-27-29-17-30-32-27/h3-9,12,17-18,20,22,26,36H,10-11,13-16H2,1-2H3,(H,28,33)(H,31,34)(H,29,30,32)/t20?,22-,26-/m0/s1. The molecule has 0 saturated heterocycles. The highest BCUT2D eigenvalue weighted by atomic mass is 32.2. The molecule has 0 aliphatic heterocycles. The quantitative estimate of drug-likeness (QED) is 0.198. The number of rotatable bonds is 16. The molecule has 3 rings (SSSR count). The Hall–Kier alpha value is -3.02. The second kappa shape index (κ2) is 15.4. The number of amides is 2. The summed E-state index contributed by atoms with van der Waals surface area (Å²) in [6.45, 7) is 4.51. The lowest BCUT2D eigenvalue weighted by Crippen LogP contribution is -2.50. The van der Waals surface area contributed by atoms with E-state index in [1.165, 1.54) is 18.1 Å². The second-order valence-corrected chi connectivity index (χ2v) is 11.5. The van der Waals surface area contributed by atoms with Crippen molar-refractivity contribution in [2.24, 2.45) is 11.8 Å². The van der Waals surface area contributed by atoms with Crippen LogP contribution in [-0.4, -0.2) is 55.8 Å². The number of nitrogens with one attached hydrogen (secondary N) is 3. The summed E-state index contributed by atoms with van der Waals surface area (Å²) in [5.41, 5.74) is 0.875. The first-order chi connectivity index (χ1) is 18.3. The maximum Gasteiger partial charge on any atom is 0.230 e. The molecule has 11 heteroatoms. The van der Waals surface area contributed by atoms with E-state index in [4.69, 9.17) is 0 Å². The Morgan fingerprint density at radius 3 is 2.53 bits per heavy atom. The molecule has 4 N–H and O–H groups in total. The van der Waals surface area contributed by atoms with Crippen molar-refractivity contribution < 1.29 is 19.5 Å². The zero-order valence-electron chi connectivity index (χ0n) is 21.6. The minimum atomic E-state index is -1.46. The molecule has 0 aliphatic carbocycles. The third-order valence-electron chi connectivity index (χ3n) is 6.02. The molecular formula is C27H35N5O4S2. The van der Waals surface area contributed by atoms with Crippen molar-refractivity contribution >= 4 is 40.7 Å². The fourth-order valence-electron chi connectivity index (χ4n) is 3.97. The van der Waals surface area contributed by atoms with E-state index < -0.39 is 23.8 Å². The molecule has 0 bridgehead atoms. The number of ketones is 1. The summed E-state index contributed by atoms with van der Waals surface area (Å²) in [5, 5.41) is 25.8. The molecule has 0 fully saturated rings. The number of carbonyl (C=O) groups excluding carboxylic acids is 3. The number of carbonyl (C=O) groups is 3. The smallest absolute Gasteiger partial charge is 0.230 e. The zero-order chi connectivity index (χ0) is 27.3. The van der Waals surface area contributed by atoms with E-state index in [0.717, 1.165) is 16.9 Å². The summed E-state index contributed by atoms with van der Waals surface area (Å²) in [6.07, 6.45) is 1.37. The topological polar surface area (TPSA) is 137 Å². The molecule has 2 aromatic heterocycles. The normalized spacial score (nSPS) is 13.6. The van der Waals surface area contributed by atoms with Crippen molar-refractivity contribution in [1.82, 2.24) is 25.8 Å². The number of nitrogens with zero attached hydrogens (tertiary/aromatic N) is 2. The molecule has 1 unspecified atom stereocenters. The predicted octanol–water partition coefficient (Wildman–Crippen LogP) is 3.37. The minimum absolute atomic E-state index is 0.0126. The van der Waals surface area contributed by atoms with Gasteiger partial charge in [-0.2, -0.15) is 5.10 Å². The van der Waals surface area contributed by atoms with Crippen LogP contribution in [0.4, 0.5) is 0 Å². The van der Waals surface area contributed by atoms with Crippen LogP contribution in [0.5, 0.6) is 0 Å². The van der Waals surface area contributed by atoms with Crippen LogP contribution < -0.4 is 10.6 Å². The number of Topliss-reactive ketones (excluding diaryl/α,β-unsaturated/α-hetero) is 1. The lowest BCUT2D eigenvalue weighted by atomic mass is 9.85. The van der Waals surface area contributed by atoms with Gasteiger partial charge in [0.15, 0.2) is 10.9 Å². The Balaban J connectivity index is 1.69. The van der Waals surface area contributed by atoms with Gasteiger partial charge >= 0.3 is 0 Å². The van der Waals surface area contributed by atoms with Crippen LogP contribution >= 0.6 is 23.1 Å². The van der Waals surface area contributed by atoms with Crippen molar-refractivity contribution in [3.63, 3.8) is 0 Å². The lowest BCUT2D eigenvalue weighted by molar-refractivity contribution is -0.137. The number of hydrogen-bond donors (Lipinski definition) is 4. The molecule has 9 nitrogen and oxygen atoms in total. The number of thiophene rings is 1. The van der Waals surface area contributed by atoms with Gasteiger partial charge < -0.3 is 15.7 Å². The first kappa shape index (κ1) is 29.5. The Morgan fingerprint density at radius 1 is 1.08 bits per heavy atom. The maximum atomic E-state index is 13.6. The summed E-state index contributed by atoms with van der Waals surface area (Å²) < 4.78 is 0. The molecule has 0 aliphatic rings. The Bertz CT molecular complexity index is 1120. The minimum Gasteiger partial charge on any atom is -0.383 e. The summed E-state index contributed by atoms with van der Waals surface area (Å²) in [4.78, 5) is 44.1. The number of H-pyrrole nitrogens is 1. The molecule has 1 aromatic carbocycles. The molecule has 0 radical (unpaired) electrons. The van der Waals surface area contributed by atoms with Crippen molar-refractivity contribution in [1.29, 1.82) is 0 Å². The van der Waals surface area contributed by atoms with E-state index in [2.05, 4.69) is 39.7 Å². The Kier molecular flexibility index (Phi) is 12.0. The zero-order valence-corrected chi connectivity index (χ0v) is 23.3. The average Bonchev–Trinajstić information content (AvgIpc) is 3.62. The van der Waals surface area contributed by atoms with Crippen molar-refractivity contribution in [2.75, 3.05) is 5.75 Å². The highest BCUT2D eigenvalue weighted by molar-refractivity contribution is 7.99. The molecule has 2 heterocycles. The van der Waals surface area contributed by atoms with E-state index in [1.807, 2.05) is 47.8 Å². The van der Waals surface area contributed by atoms with Crippen molar-refractivity contribution in [2.45, 2.75) is 63.4 Å². The maximum absolute atomic E-state index is 13.6. The van der Waals surface area contributed by atoms with Gasteiger partial charge in [0, 0.05) is 17.2 Å². The molecule has 3 atom stereocenters.